The number of aliphatic carboxylic acids is 1. The zero-order valence-corrected chi connectivity index (χ0v) is 19.2. The Morgan fingerprint density at radius 1 is 0.931 bits per heavy atom. The van der Waals surface area contributed by atoms with Gasteiger partial charge in [0.2, 0.25) is 12.2 Å². The summed E-state index contributed by atoms with van der Waals surface area (Å²) in [6.07, 6.45) is 20.1. The minimum absolute atomic E-state index is 0.104. The average Bonchev–Trinajstić information content (AvgIpc) is 3.10. The first-order valence-corrected chi connectivity index (χ1v) is 11.4. The minimum atomic E-state index is -1.21. The fraction of sp³-hybridized carbons (Fsp3) is 0.783. The molecule has 1 rings (SSSR count). The van der Waals surface area contributed by atoms with Crippen LogP contribution >= 0.6 is 0 Å². The molecule has 1 heterocycles. The maximum absolute atomic E-state index is 11.5. The normalized spacial score (nSPS) is 10.3. The highest BCUT2D eigenvalue weighted by Crippen LogP contribution is 2.10. The van der Waals surface area contributed by atoms with Gasteiger partial charge in [-0.1, -0.05) is 71.6 Å². The molecule has 1 aromatic heterocycles. The van der Waals surface area contributed by atoms with Gasteiger partial charge in [0, 0.05) is 13.5 Å². The number of unbranched alkanes of at least 4 members (excludes halogenated alkanes) is 9. The molecule has 0 aliphatic heterocycles. The first kappa shape index (κ1) is 27.1. The summed E-state index contributed by atoms with van der Waals surface area (Å²) in [6.45, 7) is 5.27. The third-order valence-corrected chi connectivity index (χ3v) is 4.88. The molecule has 0 radical (unpaired) electrons. The molecule has 6 nitrogen and oxygen atoms in total. The molecule has 0 bridgehead atoms. The van der Waals surface area contributed by atoms with Crippen LogP contribution in [0.4, 0.5) is 0 Å². The fourth-order valence-electron chi connectivity index (χ4n) is 3.03. The number of aryl methyl sites for hydroxylation is 2. The summed E-state index contributed by atoms with van der Waals surface area (Å²) in [5.41, 5.74) is 0. The summed E-state index contributed by atoms with van der Waals surface area (Å²) in [7, 11) is 3.55. The first-order chi connectivity index (χ1) is 13.9. The first-order valence-electron chi connectivity index (χ1n) is 11.4. The zero-order chi connectivity index (χ0) is 21.9. The number of carbonyl (C=O) groups is 2. The van der Waals surface area contributed by atoms with Crippen molar-refractivity contribution in [2.45, 2.75) is 97.4 Å². The van der Waals surface area contributed by atoms with Crippen molar-refractivity contribution < 1.29 is 19.3 Å². The molecule has 0 saturated heterocycles. The van der Waals surface area contributed by atoms with Gasteiger partial charge in [-0.2, -0.15) is 0 Å². The van der Waals surface area contributed by atoms with E-state index in [0.29, 0.717) is 6.42 Å². The van der Waals surface area contributed by atoms with Gasteiger partial charge in [-0.3, -0.25) is 4.79 Å². The number of hydrogen-bond acceptors (Lipinski definition) is 3. The second-order valence-electron chi connectivity index (χ2n) is 7.87. The molecule has 168 valence electrons. The van der Waals surface area contributed by atoms with Crippen LogP contribution in [-0.2, 0) is 23.2 Å². The summed E-state index contributed by atoms with van der Waals surface area (Å²) >= 11 is 0. The number of hydrogen-bond donors (Lipinski definition) is 0. The predicted molar refractivity (Wildman–Crippen MR) is 115 cm³/mol. The Hall–Kier alpha value is -1.85. The van der Waals surface area contributed by atoms with Crippen molar-refractivity contribution in [2.24, 2.45) is 7.05 Å². The summed E-state index contributed by atoms with van der Waals surface area (Å²) in [4.78, 5) is 23.1. The van der Waals surface area contributed by atoms with Crippen LogP contribution in [0, 0.1) is 0 Å². The van der Waals surface area contributed by atoms with Crippen LogP contribution in [0.15, 0.2) is 18.7 Å². The van der Waals surface area contributed by atoms with Crippen LogP contribution in [0.2, 0.25) is 0 Å². The number of rotatable bonds is 15. The zero-order valence-electron chi connectivity index (χ0n) is 19.2. The van der Waals surface area contributed by atoms with Gasteiger partial charge in [-0.05, 0) is 12.8 Å². The van der Waals surface area contributed by atoms with Crippen LogP contribution < -0.4 is 9.67 Å². The summed E-state index contributed by atoms with van der Waals surface area (Å²) in [5.74, 6) is -1.31. The number of carbonyl (C=O) groups excluding carboxylic acids is 2. The number of aromatic nitrogens is 2. The van der Waals surface area contributed by atoms with E-state index in [1.54, 1.807) is 0 Å². The highest BCUT2D eigenvalue weighted by Gasteiger charge is 2.07. The van der Waals surface area contributed by atoms with E-state index in [4.69, 9.17) is 0 Å². The van der Waals surface area contributed by atoms with Gasteiger partial charge in [-0.15, -0.1) is 0 Å². The highest BCUT2D eigenvalue weighted by molar-refractivity contribution is 5.80. The van der Waals surface area contributed by atoms with Crippen LogP contribution in [0.1, 0.15) is 90.9 Å². The van der Waals surface area contributed by atoms with Gasteiger partial charge in [0.15, 0.2) is 0 Å². The molecule has 0 N–H and O–H groups in total. The largest absolute Gasteiger partial charge is 0.548 e. The maximum Gasteiger partial charge on any atom is 0.243 e. The number of amides is 1. The van der Waals surface area contributed by atoms with E-state index in [0.717, 1.165) is 19.4 Å². The second kappa shape index (κ2) is 18.2. The van der Waals surface area contributed by atoms with Gasteiger partial charge < -0.3 is 14.8 Å². The minimum Gasteiger partial charge on any atom is -0.548 e. The topological polar surface area (TPSA) is 69.2 Å². The molecule has 0 aliphatic rings. The van der Waals surface area contributed by atoms with Crippen molar-refractivity contribution in [3.8, 4) is 0 Å². The van der Waals surface area contributed by atoms with Crippen molar-refractivity contribution >= 4 is 11.9 Å². The molecule has 0 fully saturated rings. The van der Waals surface area contributed by atoms with Crippen LogP contribution in [0.25, 0.3) is 0 Å². The van der Waals surface area contributed by atoms with E-state index in [9.17, 15) is 14.7 Å². The van der Waals surface area contributed by atoms with Crippen molar-refractivity contribution in [1.82, 2.24) is 9.47 Å². The molecule has 0 spiro atoms. The molecule has 0 unspecified atom stereocenters. The molecular weight excluding hydrogens is 366 g/mol. The Balaban J connectivity index is 0.000000651. The lowest BCUT2D eigenvalue weighted by atomic mass is 10.1. The molecule has 0 aromatic carbocycles. The van der Waals surface area contributed by atoms with Crippen molar-refractivity contribution in [3.63, 3.8) is 0 Å². The Labute approximate surface area is 177 Å². The fourth-order valence-corrected chi connectivity index (χ4v) is 3.03. The molecule has 0 atom stereocenters. The summed E-state index contributed by atoms with van der Waals surface area (Å²) in [5, 5.41) is 10.3. The molecule has 1 aromatic rings. The second-order valence-corrected chi connectivity index (χ2v) is 7.87. The standard InChI is InChI=1S/C15H29NO3.C8H15N2/c1-3-4-5-6-7-8-9-10-11-12-14(17)16(2)13-15(18)19;1-3-4-5-10-7-6-9(2)8-10/h3-13H2,1-2H3,(H,18,19);6-8H,3-5H2,1-2H3/q;+1/p-1. The number of carboxylic acids is 1. The molecule has 0 saturated carbocycles. The Morgan fingerprint density at radius 2 is 1.48 bits per heavy atom. The Kier molecular flexibility index (Phi) is 17.0. The van der Waals surface area contributed by atoms with Gasteiger partial charge >= 0.3 is 0 Å². The van der Waals surface area contributed by atoms with Gasteiger partial charge in [0.25, 0.3) is 0 Å². The van der Waals surface area contributed by atoms with E-state index < -0.39 is 5.97 Å². The van der Waals surface area contributed by atoms with E-state index in [1.807, 2.05) is 7.05 Å². The monoisotopic (exact) mass is 409 g/mol. The Bertz CT molecular complexity index is 543. The summed E-state index contributed by atoms with van der Waals surface area (Å²) < 4.78 is 4.28. The molecule has 0 aliphatic carbocycles. The number of carboxylic acid groups (broad SMARTS) is 1. The van der Waals surface area contributed by atoms with Crippen molar-refractivity contribution in [3.05, 3.63) is 18.7 Å². The Morgan fingerprint density at radius 3 is 1.97 bits per heavy atom. The number of imidazole rings is 1. The SMILES string of the molecule is CCCCCCCCCCCC(=O)N(C)CC(=O)[O-].CCCCn1cc[n+](C)c1. The third kappa shape index (κ3) is 16.8. The lowest BCUT2D eigenvalue weighted by Gasteiger charge is -2.17. The predicted octanol–water partition coefficient (Wildman–Crippen LogP) is 3.23. The number of nitrogens with zero attached hydrogens (tertiary/aromatic N) is 3. The van der Waals surface area contributed by atoms with Crippen LogP contribution in [0.5, 0.6) is 0 Å². The number of likely N-dealkylation sites (N-methyl/N-ethyl adjacent to an activating group) is 1. The van der Waals surface area contributed by atoms with E-state index >= 15 is 0 Å². The maximum atomic E-state index is 11.5. The molecule has 6 heteroatoms. The van der Waals surface area contributed by atoms with Gasteiger partial charge in [-0.25, -0.2) is 9.13 Å². The quantitative estimate of drug-likeness (QED) is 0.330. The van der Waals surface area contributed by atoms with E-state index in [-0.39, 0.29) is 12.5 Å². The van der Waals surface area contributed by atoms with Crippen LogP contribution in [-0.4, -0.2) is 34.9 Å². The van der Waals surface area contributed by atoms with Crippen molar-refractivity contribution in [2.75, 3.05) is 13.6 Å². The molecular formula is C23H43N3O3. The smallest absolute Gasteiger partial charge is 0.243 e. The average molecular weight is 410 g/mol. The lowest BCUT2D eigenvalue weighted by molar-refractivity contribution is -0.671. The van der Waals surface area contributed by atoms with Gasteiger partial charge in [0.1, 0.15) is 12.4 Å². The van der Waals surface area contributed by atoms with E-state index in [2.05, 4.69) is 41.7 Å². The molecule has 29 heavy (non-hydrogen) atoms. The van der Waals surface area contributed by atoms with Crippen molar-refractivity contribution in [1.29, 1.82) is 0 Å². The van der Waals surface area contributed by atoms with Crippen LogP contribution in [0.3, 0.4) is 0 Å². The van der Waals surface area contributed by atoms with Gasteiger partial charge in [0.05, 0.1) is 26.1 Å². The lowest BCUT2D eigenvalue weighted by Crippen LogP contribution is -2.39. The highest BCUT2D eigenvalue weighted by atomic mass is 16.4. The summed E-state index contributed by atoms with van der Waals surface area (Å²) in [6, 6.07) is 0. The van der Waals surface area contributed by atoms with E-state index in [1.165, 1.54) is 69.7 Å². The molecule has 1 amide bonds. The third-order valence-electron chi connectivity index (χ3n) is 4.88.